The number of aromatic nitrogens is 2. The van der Waals surface area contributed by atoms with Crippen LogP contribution in [-0.2, 0) is 0 Å². The Balaban J connectivity index is 1.31. The van der Waals surface area contributed by atoms with E-state index < -0.39 is 0 Å². The van der Waals surface area contributed by atoms with E-state index in [2.05, 4.69) is 80.0 Å². The maximum atomic E-state index is 4.71. The van der Waals surface area contributed by atoms with Crippen LogP contribution in [0.15, 0.2) is 48.7 Å². The van der Waals surface area contributed by atoms with Crippen molar-refractivity contribution in [3.05, 3.63) is 48.7 Å². The van der Waals surface area contributed by atoms with Gasteiger partial charge in [0.2, 0.25) is 5.95 Å². The summed E-state index contributed by atoms with van der Waals surface area (Å²) in [5.41, 5.74) is 8.02. The average molecular weight is 404 g/mol. The second-order valence-electron chi connectivity index (χ2n) is 8.15. The third-order valence-electron chi connectivity index (χ3n) is 6.02. The highest BCUT2D eigenvalue weighted by molar-refractivity contribution is 5.84. The summed E-state index contributed by atoms with van der Waals surface area (Å²) in [5.74, 6) is 0.667. The molecule has 3 heterocycles. The zero-order valence-electron chi connectivity index (χ0n) is 17.5. The van der Waals surface area contributed by atoms with Gasteiger partial charge in [-0.2, -0.15) is 0 Å². The van der Waals surface area contributed by atoms with Crippen molar-refractivity contribution in [2.45, 2.75) is 0 Å². The van der Waals surface area contributed by atoms with E-state index in [0.717, 1.165) is 63.3 Å². The Morgan fingerprint density at radius 1 is 0.867 bits per heavy atom. The quantitative estimate of drug-likeness (QED) is 0.693. The first-order valence-corrected chi connectivity index (χ1v) is 10.8. The van der Waals surface area contributed by atoms with Crippen molar-refractivity contribution in [1.29, 1.82) is 0 Å². The van der Waals surface area contributed by atoms with Crippen LogP contribution in [0.5, 0.6) is 0 Å². The van der Waals surface area contributed by atoms with E-state index in [1.165, 1.54) is 16.8 Å². The van der Waals surface area contributed by atoms with Crippen LogP contribution in [0.1, 0.15) is 0 Å². The van der Waals surface area contributed by atoms with Gasteiger partial charge in [0.15, 0.2) is 0 Å². The highest BCUT2D eigenvalue weighted by Gasteiger charge is 2.15. The highest BCUT2D eigenvalue weighted by atomic mass is 15.6. The van der Waals surface area contributed by atoms with Crippen molar-refractivity contribution in [3.8, 4) is 11.1 Å². The van der Waals surface area contributed by atoms with Gasteiger partial charge in [0.1, 0.15) is 0 Å². The molecule has 2 fully saturated rings. The van der Waals surface area contributed by atoms with Crippen LogP contribution in [0.4, 0.5) is 11.6 Å². The number of hydrogen-bond donors (Lipinski definition) is 2. The van der Waals surface area contributed by atoms with E-state index in [9.17, 15) is 0 Å². The second-order valence-corrected chi connectivity index (χ2v) is 8.15. The van der Waals surface area contributed by atoms with Crippen molar-refractivity contribution in [2.24, 2.45) is 0 Å². The van der Waals surface area contributed by atoms with Crippen molar-refractivity contribution in [3.63, 3.8) is 0 Å². The van der Waals surface area contributed by atoms with Crippen LogP contribution in [0.3, 0.4) is 0 Å². The highest BCUT2D eigenvalue weighted by Crippen LogP contribution is 2.26. The lowest BCUT2D eigenvalue weighted by molar-refractivity contribution is 0.178. The molecule has 0 amide bonds. The van der Waals surface area contributed by atoms with E-state index in [0.29, 0.717) is 5.95 Å². The molecule has 0 spiro atoms. The number of hydrazine groups is 1. The number of piperazine rings is 2. The van der Waals surface area contributed by atoms with Crippen LogP contribution in [0.25, 0.3) is 22.0 Å². The standard InChI is InChI=1S/C23H29N7/c1-28-12-14-30(15-13-28)27-23-25-17-20-16-19(4-7-22(20)26-23)18-2-5-21(6-3-18)29-10-8-24-9-11-29/h2-7,16-17,24H,8-15H2,1H3,(H,25,26,27). The predicted molar refractivity (Wildman–Crippen MR) is 123 cm³/mol. The molecule has 0 unspecified atom stereocenters. The number of nitrogens with one attached hydrogen (secondary N) is 2. The lowest BCUT2D eigenvalue weighted by Crippen LogP contribution is -2.47. The number of nitrogens with zero attached hydrogens (tertiary/aromatic N) is 5. The molecule has 2 saturated heterocycles. The summed E-state index contributed by atoms with van der Waals surface area (Å²) < 4.78 is 0. The maximum absolute atomic E-state index is 4.71. The van der Waals surface area contributed by atoms with Crippen LogP contribution in [0.2, 0.25) is 0 Å². The summed E-state index contributed by atoms with van der Waals surface area (Å²) in [7, 11) is 2.15. The summed E-state index contributed by atoms with van der Waals surface area (Å²) in [6.45, 7) is 8.29. The Bertz CT molecular complexity index is 990. The molecule has 0 bridgehead atoms. The zero-order valence-corrected chi connectivity index (χ0v) is 17.5. The first-order valence-electron chi connectivity index (χ1n) is 10.8. The van der Waals surface area contributed by atoms with Crippen LogP contribution in [0, 0.1) is 0 Å². The van der Waals surface area contributed by atoms with E-state index in [1.807, 2.05) is 6.20 Å². The minimum absolute atomic E-state index is 0.667. The molecule has 0 saturated carbocycles. The number of rotatable bonds is 4. The lowest BCUT2D eigenvalue weighted by Gasteiger charge is -2.32. The summed E-state index contributed by atoms with van der Waals surface area (Å²) in [5, 5.41) is 6.65. The Hall–Kier alpha value is -2.74. The molecule has 7 heteroatoms. The molecule has 2 aromatic carbocycles. The number of anilines is 2. The monoisotopic (exact) mass is 403 g/mol. The molecule has 3 aromatic rings. The number of hydrogen-bond acceptors (Lipinski definition) is 7. The van der Waals surface area contributed by atoms with Gasteiger partial charge in [0.25, 0.3) is 0 Å². The van der Waals surface area contributed by atoms with Gasteiger partial charge in [-0.05, 0) is 42.4 Å². The first kappa shape index (κ1) is 19.2. The predicted octanol–water partition coefficient (Wildman–Crippen LogP) is 2.28. The van der Waals surface area contributed by atoms with E-state index in [4.69, 9.17) is 4.98 Å². The van der Waals surface area contributed by atoms with Gasteiger partial charge in [-0.3, -0.25) is 5.43 Å². The molecular formula is C23H29N7. The maximum Gasteiger partial charge on any atom is 0.238 e. The lowest BCUT2D eigenvalue weighted by atomic mass is 10.0. The second kappa shape index (κ2) is 8.55. The van der Waals surface area contributed by atoms with Crippen LogP contribution >= 0.6 is 0 Å². The molecule has 2 aliphatic heterocycles. The molecule has 156 valence electrons. The topological polar surface area (TPSA) is 59.6 Å². The average Bonchev–Trinajstić information content (AvgIpc) is 2.81. The first-order chi connectivity index (χ1) is 14.7. The van der Waals surface area contributed by atoms with Gasteiger partial charge in [0, 0.05) is 69.6 Å². The van der Waals surface area contributed by atoms with Gasteiger partial charge in [-0.25, -0.2) is 15.0 Å². The van der Waals surface area contributed by atoms with Gasteiger partial charge in [-0.1, -0.05) is 18.2 Å². The number of likely N-dealkylation sites (N-methyl/N-ethyl adjacent to an activating group) is 1. The molecule has 30 heavy (non-hydrogen) atoms. The Labute approximate surface area is 177 Å². The molecular weight excluding hydrogens is 374 g/mol. The fourth-order valence-electron chi connectivity index (χ4n) is 4.11. The summed E-state index contributed by atoms with van der Waals surface area (Å²) in [4.78, 5) is 14.0. The number of benzene rings is 2. The van der Waals surface area contributed by atoms with Crippen molar-refractivity contribution in [2.75, 3.05) is 69.7 Å². The van der Waals surface area contributed by atoms with Gasteiger partial charge in [-0.15, -0.1) is 0 Å². The molecule has 2 N–H and O–H groups in total. The van der Waals surface area contributed by atoms with Crippen molar-refractivity contribution in [1.82, 2.24) is 25.2 Å². The third-order valence-corrected chi connectivity index (χ3v) is 6.02. The molecule has 0 radical (unpaired) electrons. The van der Waals surface area contributed by atoms with Crippen LogP contribution < -0.4 is 15.6 Å². The Morgan fingerprint density at radius 3 is 2.37 bits per heavy atom. The largest absolute Gasteiger partial charge is 0.369 e. The van der Waals surface area contributed by atoms with Gasteiger partial charge in [0.05, 0.1) is 5.52 Å². The normalized spacial score (nSPS) is 18.6. The van der Waals surface area contributed by atoms with Gasteiger partial charge < -0.3 is 15.1 Å². The van der Waals surface area contributed by atoms with Gasteiger partial charge >= 0.3 is 0 Å². The Morgan fingerprint density at radius 2 is 1.60 bits per heavy atom. The molecule has 0 atom stereocenters. The molecule has 0 aliphatic carbocycles. The SMILES string of the molecule is CN1CCN(Nc2ncc3cc(-c4ccc(N5CCNCC5)cc4)ccc3n2)CC1. The molecule has 5 rings (SSSR count). The van der Waals surface area contributed by atoms with Crippen molar-refractivity contribution >= 4 is 22.5 Å². The fraction of sp³-hybridized carbons (Fsp3) is 0.391. The van der Waals surface area contributed by atoms with E-state index in [-0.39, 0.29) is 0 Å². The minimum atomic E-state index is 0.667. The molecule has 7 nitrogen and oxygen atoms in total. The summed E-state index contributed by atoms with van der Waals surface area (Å²) in [6, 6.07) is 15.3. The van der Waals surface area contributed by atoms with E-state index >= 15 is 0 Å². The third kappa shape index (κ3) is 4.23. The molecule has 1 aromatic heterocycles. The summed E-state index contributed by atoms with van der Waals surface area (Å²) >= 11 is 0. The summed E-state index contributed by atoms with van der Waals surface area (Å²) in [6.07, 6.45) is 1.92. The number of fused-ring (bicyclic) bond motifs is 1. The van der Waals surface area contributed by atoms with E-state index in [1.54, 1.807) is 0 Å². The minimum Gasteiger partial charge on any atom is -0.369 e. The smallest absolute Gasteiger partial charge is 0.238 e. The zero-order chi connectivity index (χ0) is 20.3. The van der Waals surface area contributed by atoms with Crippen molar-refractivity contribution < 1.29 is 0 Å². The Kier molecular flexibility index (Phi) is 5.48. The fourth-order valence-corrected chi connectivity index (χ4v) is 4.11. The molecule has 2 aliphatic rings. The van der Waals surface area contributed by atoms with Crippen LogP contribution in [-0.4, -0.2) is 79.3 Å².